The number of hydrogen-bond acceptors (Lipinski definition) is 4. The Morgan fingerprint density at radius 1 is 1.42 bits per heavy atom. The fourth-order valence-corrected chi connectivity index (χ4v) is 3.59. The number of rotatable bonds is 5. The molecule has 130 valence electrons. The van der Waals surface area contributed by atoms with Crippen molar-refractivity contribution >= 4 is 30.1 Å². The Morgan fingerprint density at radius 3 is 2.92 bits per heavy atom. The number of benzene rings is 1. The van der Waals surface area contributed by atoms with Crippen molar-refractivity contribution in [3.63, 3.8) is 0 Å². The van der Waals surface area contributed by atoms with E-state index in [4.69, 9.17) is 0 Å². The third kappa shape index (κ3) is 5.00. The summed E-state index contributed by atoms with van der Waals surface area (Å²) >= 11 is 1.92. The summed E-state index contributed by atoms with van der Waals surface area (Å²) in [6.45, 7) is 1.59. The lowest BCUT2D eigenvalue weighted by Crippen LogP contribution is -2.41. The standard InChI is InChI=1S/C17H22N4OS.ClH/c1-20(17(22)9-15-13-23-8-7-18-15)11-14-10-19-21(12-14)16-5-3-2-4-6-16;/h2-6,10,12,15,18H,7-9,11,13H2,1H3;1H. The van der Waals surface area contributed by atoms with Gasteiger partial charge in [-0.2, -0.15) is 16.9 Å². The Kier molecular flexibility index (Phi) is 7.15. The highest BCUT2D eigenvalue weighted by atomic mass is 35.5. The minimum atomic E-state index is 0. The van der Waals surface area contributed by atoms with Gasteiger partial charge in [0.2, 0.25) is 5.91 Å². The van der Waals surface area contributed by atoms with E-state index in [1.54, 1.807) is 4.90 Å². The highest BCUT2D eigenvalue weighted by Crippen LogP contribution is 2.13. The summed E-state index contributed by atoms with van der Waals surface area (Å²) in [4.78, 5) is 14.1. The first-order valence-electron chi connectivity index (χ1n) is 7.86. The van der Waals surface area contributed by atoms with Crippen LogP contribution in [-0.2, 0) is 11.3 Å². The minimum Gasteiger partial charge on any atom is -0.341 e. The third-order valence-electron chi connectivity index (χ3n) is 3.92. The second-order valence-electron chi connectivity index (χ2n) is 5.81. The molecule has 1 aromatic carbocycles. The van der Waals surface area contributed by atoms with Crippen molar-refractivity contribution < 1.29 is 4.79 Å². The van der Waals surface area contributed by atoms with Gasteiger partial charge in [0.1, 0.15) is 0 Å². The van der Waals surface area contributed by atoms with Crippen LogP contribution in [0.4, 0.5) is 0 Å². The highest BCUT2D eigenvalue weighted by Gasteiger charge is 2.19. The Bertz CT molecular complexity index is 643. The average molecular weight is 367 g/mol. The summed E-state index contributed by atoms with van der Waals surface area (Å²) in [6.07, 6.45) is 4.37. The van der Waals surface area contributed by atoms with E-state index in [0.717, 1.165) is 29.3 Å². The molecule has 0 radical (unpaired) electrons. The first kappa shape index (κ1) is 18.8. The first-order valence-corrected chi connectivity index (χ1v) is 9.02. The number of aromatic nitrogens is 2. The van der Waals surface area contributed by atoms with Crippen molar-refractivity contribution in [1.29, 1.82) is 0 Å². The molecule has 1 atom stereocenters. The molecular weight excluding hydrogens is 344 g/mol. The van der Waals surface area contributed by atoms with E-state index in [1.165, 1.54) is 0 Å². The van der Waals surface area contributed by atoms with Crippen molar-refractivity contribution in [3.8, 4) is 5.69 Å². The summed E-state index contributed by atoms with van der Waals surface area (Å²) in [7, 11) is 1.86. The Morgan fingerprint density at radius 2 is 2.21 bits per heavy atom. The van der Waals surface area contributed by atoms with Gasteiger partial charge < -0.3 is 10.2 Å². The zero-order valence-corrected chi connectivity index (χ0v) is 15.4. The molecule has 7 heteroatoms. The summed E-state index contributed by atoms with van der Waals surface area (Å²) in [5.41, 5.74) is 2.06. The largest absolute Gasteiger partial charge is 0.341 e. The molecule has 1 aliphatic heterocycles. The monoisotopic (exact) mass is 366 g/mol. The number of nitrogens with zero attached hydrogens (tertiary/aromatic N) is 3. The molecule has 0 spiro atoms. The van der Waals surface area contributed by atoms with Crippen LogP contribution in [-0.4, -0.2) is 51.7 Å². The van der Waals surface area contributed by atoms with E-state index in [-0.39, 0.29) is 18.3 Å². The van der Waals surface area contributed by atoms with Gasteiger partial charge in [0.05, 0.1) is 11.9 Å². The smallest absolute Gasteiger partial charge is 0.224 e. The van der Waals surface area contributed by atoms with Crippen LogP contribution in [0.1, 0.15) is 12.0 Å². The molecule has 24 heavy (non-hydrogen) atoms. The van der Waals surface area contributed by atoms with Crippen LogP contribution in [0.2, 0.25) is 0 Å². The van der Waals surface area contributed by atoms with Gasteiger partial charge >= 0.3 is 0 Å². The quantitative estimate of drug-likeness (QED) is 0.882. The van der Waals surface area contributed by atoms with E-state index in [2.05, 4.69) is 10.4 Å². The summed E-state index contributed by atoms with van der Waals surface area (Å²) < 4.78 is 1.84. The molecule has 0 bridgehead atoms. The predicted molar refractivity (Wildman–Crippen MR) is 101 cm³/mol. The van der Waals surface area contributed by atoms with Crippen molar-refractivity contribution in [2.24, 2.45) is 0 Å². The molecule has 0 saturated carbocycles. The number of halogens is 1. The fourth-order valence-electron chi connectivity index (χ4n) is 2.64. The molecule has 5 nitrogen and oxygen atoms in total. The number of carbonyl (C=O) groups is 1. The van der Waals surface area contributed by atoms with E-state index >= 15 is 0 Å². The average Bonchev–Trinajstić information content (AvgIpc) is 3.05. The highest BCUT2D eigenvalue weighted by molar-refractivity contribution is 7.99. The Labute approximate surface area is 153 Å². The maximum Gasteiger partial charge on any atom is 0.224 e. The lowest BCUT2D eigenvalue weighted by atomic mass is 10.2. The molecule has 2 aromatic rings. The normalized spacial score (nSPS) is 17.1. The lowest BCUT2D eigenvalue weighted by Gasteiger charge is -2.25. The van der Waals surface area contributed by atoms with E-state index in [1.807, 2.05) is 66.2 Å². The predicted octanol–water partition coefficient (Wildman–Crippen LogP) is 2.35. The minimum absolute atomic E-state index is 0. The third-order valence-corrected chi connectivity index (χ3v) is 5.05. The lowest BCUT2D eigenvalue weighted by molar-refractivity contribution is -0.130. The molecule has 1 N–H and O–H groups in total. The number of amides is 1. The summed E-state index contributed by atoms with van der Waals surface area (Å²) in [5, 5.41) is 7.79. The van der Waals surface area contributed by atoms with E-state index < -0.39 is 0 Å². The van der Waals surface area contributed by atoms with Crippen molar-refractivity contribution in [2.75, 3.05) is 25.1 Å². The van der Waals surface area contributed by atoms with Crippen LogP contribution in [0, 0.1) is 0 Å². The van der Waals surface area contributed by atoms with Crippen molar-refractivity contribution in [2.45, 2.75) is 19.0 Å². The van der Waals surface area contributed by atoms with Crippen LogP contribution in [0.5, 0.6) is 0 Å². The second-order valence-corrected chi connectivity index (χ2v) is 6.96. The maximum absolute atomic E-state index is 12.3. The molecule has 1 unspecified atom stereocenters. The maximum atomic E-state index is 12.3. The number of hydrogen-bond donors (Lipinski definition) is 1. The number of nitrogens with one attached hydrogen (secondary N) is 1. The van der Waals surface area contributed by atoms with Crippen molar-refractivity contribution in [3.05, 3.63) is 48.3 Å². The number of para-hydroxylation sites is 1. The van der Waals surface area contributed by atoms with Gasteiger partial charge in [-0.25, -0.2) is 4.68 Å². The molecular formula is C17H23ClN4OS. The molecule has 1 amide bonds. The van der Waals surface area contributed by atoms with Crippen LogP contribution in [0.25, 0.3) is 5.69 Å². The zero-order chi connectivity index (χ0) is 16.1. The summed E-state index contributed by atoms with van der Waals surface area (Å²) in [6, 6.07) is 10.3. The fraction of sp³-hybridized carbons (Fsp3) is 0.412. The molecule has 0 aliphatic carbocycles. The van der Waals surface area contributed by atoms with Gasteiger partial charge in [0.25, 0.3) is 0 Å². The Balaban J connectivity index is 0.00000208. The molecule has 1 saturated heterocycles. The van der Waals surface area contributed by atoms with Crippen molar-refractivity contribution in [1.82, 2.24) is 20.0 Å². The van der Waals surface area contributed by atoms with Gasteiger partial charge in [-0.3, -0.25) is 4.79 Å². The number of carbonyl (C=O) groups excluding carboxylic acids is 1. The SMILES string of the molecule is CN(Cc1cnn(-c2ccccc2)c1)C(=O)CC1CSCCN1.Cl. The van der Waals surface area contributed by atoms with Gasteiger partial charge in [0, 0.05) is 55.9 Å². The topological polar surface area (TPSA) is 50.2 Å². The van der Waals surface area contributed by atoms with Gasteiger partial charge in [-0.1, -0.05) is 18.2 Å². The molecule has 1 fully saturated rings. The second kappa shape index (κ2) is 9.11. The van der Waals surface area contributed by atoms with Gasteiger partial charge in [-0.15, -0.1) is 12.4 Å². The molecule has 1 aliphatic rings. The Hall–Kier alpha value is -1.50. The van der Waals surface area contributed by atoms with Crippen LogP contribution < -0.4 is 5.32 Å². The van der Waals surface area contributed by atoms with Crippen LogP contribution in [0.3, 0.4) is 0 Å². The van der Waals surface area contributed by atoms with E-state index in [9.17, 15) is 4.79 Å². The molecule has 2 heterocycles. The van der Waals surface area contributed by atoms with Crippen LogP contribution in [0.15, 0.2) is 42.7 Å². The van der Waals surface area contributed by atoms with Gasteiger partial charge in [-0.05, 0) is 12.1 Å². The van der Waals surface area contributed by atoms with Crippen LogP contribution >= 0.6 is 24.2 Å². The van der Waals surface area contributed by atoms with Gasteiger partial charge in [0.15, 0.2) is 0 Å². The number of thioether (sulfide) groups is 1. The molecule has 3 rings (SSSR count). The summed E-state index contributed by atoms with van der Waals surface area (Å²) in [5.74, 6) is 2.34. The first-order chi connectivity index (χ1) is 11.2. The molecule has 1 aromatic heterocycles. The zero-order valence-electron chi connectivity index (χ0n) is 13.7. The van der Waals surface area contributed by atoms with E-state index in [0.29, 0.717) is 19.0 Å².